The number of benzene rings is 1. The molecule has 0 amide bonds. The zero-order chi connectivity index (χ0) is 14.7. The van der Waals surface area contributed by atoms with E-state index in [9.17, 15) is 0 Å². The second-order valence-corrected chi connectivity index (χ2v) is 5.91. The van der Waals surface area contributed by atoms with Crippen LogP contribution in [-0.4, -0.2) is 24.5 Å². The fourth-order valence-electron chi connectivity index (χ4n) is 3.00. The number of rotatable bonds is 4. The summed E-state index contributed by atoms with van der Waals surface area (Å²) in [5.41, 5.74) is 3.87. The standard InChI is InChI=1S/C16H19N3OS/c1-20-14-6-3-11(4-7-14)10-17-19-16(21)18-15-9-12-2-5-13(15)8-12/h2-7,10,12-13,15H,8-9H2,1H3,(H2,18,19,21)/b17-10+. The maximum atomic E-state index is 5.28. The van der Waals surface area contributed by atoms with Crippen LogP contribution in [0.1, 0.15) is 18.4 Å². The second-order valence-electron chi connectivity index (χ2n) is 5.50. The summed E-state index contributed by atoms with van der Waals surface area (Å²) in [5.74, 6) is 2.19. The zero-order valence-corrected chi connectivity index (χ0v) is 12.8. The molecule has 1 aromatic rings. The summed E-state index contributed by atoms with van der Waals surface area (Å²) in [6.07, 6.45) is 8.80. The maximum absolute atomic E-state index is 5.28. The molecule has 0 aromatic heterocycles. The van der Waals surface area contributed by atoms with Crippen LogP contribution in [0.25, 0.3) is 0 Å². The number of ether oxygens (including phenoxy) is 1. The molecule has 2 bridgehead atoms. The molecular formula is C16H19N3OS. The van der Waals surface area contributed by atoms with Crippen molar-refractivity contribution in [2.45, 2.75) is 18.9 Å². The normalized spacial score (nSPS) is 26.2. The first-order chi connectivity index (χ1) is 10.2. The number of fused-ring (bicyclic) bond motifs is 2. The van der Waals surface area contributed by atoms with E-state index in [2.05, 4.69) is 28.0 Å². The minimum Gasteiger partial charge on any atom is -0.497 e. The maximum Gasteiger partial charge on any atom is 0.187 e. The van der Waals surface area contributed by atoms with Gasteiger partial charge in [0.25, 0.3) is 0 Å². The van der Waals surface area contributed by atoms with Gasteiger partial charge in [-0.3, -0.25) is 5.43 Å². The van der Waals surface area contributed by atoms with Crippen molar-refractivity contribution in [3.05, 3.63) is 42.0 Å². The molecule has 3 atom stereocenters. The molecule has 3 rings (SSSR count). The summed E-state index contributed by atoms with van der Waals surface area (Å²) >= 11 is 5.28. The van der Waals surface area contributed by atoms with Gasteiger partial charge in [-0.15, -0.1) is 0 Å². The van der Waals surface area contributed by atoms with E-state index < -0.39 is 0 Å². The van der Waals surface area contributed by atoms with Gasteiger partial charge in [0.05, 0.1) is 13.3 Å². The van der Waals surface area contributed by atoms with Crippen molar-refractivity contribution in [3.8, 4) is 5.75 Å². The third-order valence-electron chi connectivity index (χ3n) is 4.09. The summed E-state index contributed by atoms with van der Waals surface area (Å²) in [5, 5.41) is 8.10. The number of nitrogens with one attached hydrogen (secondary N) is 2. The first-order valence-corrected chi connectivity index (χ1v) is 7.57. The Hall–Kier alpha value is -1.88. The van der Waals surface area contributed by atoms with Gasteiger partial charge >= 0.3 is 0 Å². The molecule has 0 spiro atoms. The largest absolute Gasteiger partial charge is 0.497 e. The Bertz CT molecular complexity index is 567. The minimum atomic E-state index is 0.455. The molecule has 2 aliphatic rings. The number of methoxy groups -OCH3 is 1. The van der Waals surface area contributed by atoms with Gasteiger partial charge < -0.3 is 10.1 Å². The fraction of sp³-hybridized carbons (Fsp3) is 0.375. The summed E-state index contributed by atoms with van der Waals surface area (Å²) < 4.78 is 5.11. The lowest BCUT2D eigenvalue weighted by molar-refractivity contribution is 0.415. The molecule has 0 heterocycles. The predicted octanol–water partition coefficient (Wildman–Crippen LogP) is 2.46. The highest BCUT2D eigenvalue weighted by atomic mass is 32.1. The molecular weight excluding hydrogens is 282 g/mol. The number of hydrogen-bond donors (Lipinski definition) is 2. The van der Waals surface area contributed by atoms with Crippen LogP contribution in [0.3, 0.4) is 0 Å². The van der Waals surface area contributed by atoms with Gasteiger partial charge in [0.1, 0.15) is 5.75 Å². The third kappa shape index (κ3) is 3.42. The molecule has 0 aliphatic heterocycles. The van der Waals surface area contributed by atoms with Crippen LogP contribution < -0.4 is 15.5 Å². The Balaban J connectivity index is 1.46. The van der Waals surface area contributed by atoms with Crippen LogP contribution in [0, 0.1) is 11.8 Å². The van der Waals surface area contributed by atoms with Gasteiger partial charge in [0, 0.05) is 6.04 Å². The molecule has 21 heavy (non-hydrogen) atoms. The Kier molecular flexibility index (Phi) is 4.20. The van der Waals surface area contributed by atoms with Crippen molar-refractivity contribution in [1.82, 2.24) is 10.7 Å². The van der Waals surface area contributed by atoms with Crippen LogP contribution in [0.4, 0.5) is 0 Å². The number of nitrogens with zero attached hydrogens (tertiary/aromatic N) is 1. The fourth-order valence-corrected chi connectivity index (χ4v) is 3.21. The Morgan fingerprint density at radius 2 is 2.10 bits per heavy atom. The van der Waals surface area contributed by atoms with Crippen molar-refractivity contribution in [1.29, 1.82) is 0 Å². The van der Waals surface area contributed by atoms with E-state index in [0.717, 1.165) is 17.2 Å². The van der Waals surface area contributed by atoms with Crippen molar-refractivity contribution in [3.63, 3.8) is 0 Å². The summed E-state index contributed by atoms with van der Waals surface area (Å²) in [4.78, 5) is 0. The lowest BCUT2D eigenvalue weighted by Gasteiger charge is -2.20. The lowest BCUT2D eigenvalue weighted by Crippen LogP contribution is -2.42. The van der Waals surface area contributed by atoms with E-state index in [-0.39, 0.29) is 0 Å². The molecule has 5 heteroatoms. The predicted molar refractivity (Wildman–Crippen MR) is 88.6 cm³/mol. The van der Waals surface area contributed by atoms with Crippen LogP contribution in [0.2, 0.25) is 0 Å². The van der Waals surface area contributed by atoms with E-state index in [1.807, 2.05) is 24.3 Å². The Morgan fingerprint density at radius 3 is 2.71 bits per heavy atom. The first-order valence-electron chi connectivity index (χ1n) is 7.16. The molecule has 1 saturated carbocycles. The number of hydrogen-bond acceptors (Lipinski definition) is 3. The molecule has 0 radical (unpaired) electrons. The van der Waals surface area contributed by atoms with E-state index >= 15 is 0 Å². The highest BCUT2D eigenvalue weighted by molar-refractivity contribution is 7.80. The summed E-state index contributed by atoms with van der Waals surface area (Å²) in [7, 11) is 1.65. The topological polar surface area (TPSA) is 45.6 Å². The Morgan fingerprint density at radius 1 is 1.29 bits per heavy atom. The average molecular weight is 301 g/mol. The smallest absolute Gasteiger partial charge is 0.187 e. The van der Waals surface area contributed by atoms with Crippen LogP contribution in [0.5, 0.6) is 5.75 Å². The van der Waals surface area contributed by atoms with E-state index in [1.165, 1.54) is 12.8 Å². The van der Waals surface area contributed by atoms with Gasteiger partial charge in [-0.2, -0.15) is 5.10 Å². The molecule has 0 saturated heterocycles. The van der Waals surface area contributed by atoms with Gasteiger partial charge in [0.2, 0.25) is 0 Å². The molecule has 4 nitrogen and oxygen atoms in total. The van der Waals surface area contributed by atoms with Crippen LogP contribution in [-0.2, 0) is 0 Å². The van der Waals surface area contributed by atoms with Gasteiger partial charge in [-0.1, -0.05) is 12.2 Å². The van der Waals surface area contributed by atoms with E-state index in [1.54, 1.807) is 13.3 Å². The molecule has 2 aliphatic carbocycles. The van der Waals surface area contributed by atoms with Crippen molar-refractivity contribution >= 4 is 23.5 Å². The van der Waals surface area contributed by atoms with Crippen LogP contribution >= 0.6 is 12.2 Å². The van der Waals surface area contributed by atoms with Gasteiger partial charge in [0.15, 0.2) is 5.11 Å². The van der Waals surface area contributed by atoms with Crippen molar-refractivity contribution in [2.24, 2.45) is 16.9 Å². The summed E-state index contributed by atoms with van der Waals surface area (Å²) in [6, 6.07) is 8.15. The highest BCUT2D eigenvalue weighted by Gasteiger charge is 2.35. The number of hydrazone groups is 1. The third-order valence-corrected chi connectivity index (χ3v) is 4.30. The van der Waals surface area contributed by atoms with E-state index in [4.69, 9.17) is 17.0 Å². The summed E-state index contributed by atoms with van der Waals surface area (Å²) in [6.45, 7) is 0. The molecule has 1 aromatic carbocycles. The second kappa shape index (κ2) is 6.26. The SMILES string of the molecule is COc1ccc(/C=N/NC(=S)NC2CC3C=CC2C3)cc1. The lowest BCUT2D eigenvalue weighted by atomic mass is 10.0. The highest BCUT2D eigenvalue weighted by Crippen LogP contribution is 2.38. The average Bonchev–Trinajstić information content (AvgIpc) is 3.10. The first kappa shape index (κ1) is 14.1. The molecule has 110 valence electrons. The van der Waals surface area contributed by atoms with Gasteiger partial charge in [-0.25, -0.2) is 0 Å². The van der Waals surface area contributed by atoms with Crippen molar-refractivity contribution < 1.29 is 4.74 Å². The number of thiocarbonyl (C=S) groups is 1. The monoisotopic (exact) mass is 301 g/mol. The van der Waals surface area contributed by atoms with Gasteiger partial charge in [-0.05, 0) is 66.7 Å². The molecule has 1 fully saturated rings. The van der Waals surface area contributed by atoms with Crippen LogP contribution in [0.15, 0.2) is 41.5 Å². The zero-order valence-electron chi connectivity index (χ0n) is 12.0. The molecule has 2 N–H and O–H groups in total. The molecule has 3 unspecified atom stereocenters. The Labute approximate surface area is 130 Å². The quantitative estimate of drug-likeness (QED) is 0.388. The minimum absolute atomic E-state index is 0.455. The van der Waals surface area contributed by atoms with E-state index in [0.29, 0.717) is 17.1 Å². The number of allylic oxidation sites excluding steroid dienone is 1. The van der Waals surface area contributed by atoms with Crippen molar-refractivity contribution in [2.75, 3.05) is 7.11 Å².